The third-order valence-electron chi connectivity index (χ3n) is 2.86. The van der Waals surface area contributed by atoms with Crippen LogP contribution < -0.4 is 10.2 Å². The molecule has 0 unspecified atom stereocenters. The number of hydrogen-bond donors (Lipinski definition) is 2. The van der Waals surface area contributed by atoms with Gasteiger partial charge in [-0.2, -0.15) is 11.8 Å². The third-order valence-corrected chi connectivity index (χ3v) is 3.81. The molecule has 1 aromatic rings. The highest BCUT2D eigenvalue weighted by Gasteiger charge is 2.11. The number of anilines is 2. The first-order valence-corrected chi connectivity index (χ1v) is 6.82. The minimum absolute atomic E-state index is 0.970. The largest absolute Gasteiger partial charge is 0.410 e. The van der Waals surface area contributed by atoms with Gasteiger partial charge in [0, 0.05) is 36.0 Å². The molecule has 1 aromatic carbocycles. The SMILES string of the molecule is Cc1cc(N2CCSCC2)ccc1N/C=N/O. The molecule has 0 saturated carbocycles. The molecule has 1 aliphatic heterocycles. The van der Waals surface area contributed by atoms with E-state index in [0.29, 0.717) is 0 Å². The number of nitrogens with one attached hydrogen (secondary N) is 1. The molecule has 2 N–H and O–H groups in total. The van der Waals surface area contributed by atoms with Crippen LogP contribution in [-0.4, -0.2) is 36.1 Å². The van der Waals surface area contributed by atoms with Crippen LogP contribution in [0.4, 0.5) is 11.4 Å². The van der Waals surface area contributed by atoms with Crippen LogP contribution in [0.25, 0.3) is 0 Å². The summed E-state index contributed by atoms with van der Waals surface area (Å²) in [7, 11) is 0. The van der Waals surface area contributed by atoms with Crippen molar-refractivity contribution in [3.05, 3.63) is 23.8 Å². The Hall–Kier alpha value is -1.36. The lowest BCUT2D eigenvalue weighted by molar-refractivity contribution is 0.321. The lowest BCUT2D eigenvalue weighted by Crippen LogP contribution is -2.32. The smallest absolute Gasteiger partial charge is 0.132 e. The van der Waals surface area contributed by atoms with E-state index in [1.807, 2.05) is 17.8 Å². The van der Waals surface area contributed by atoms with Crippen LogP contribution in [0.15, 0.2) is 23.4 Å². The van der Waals surface area contributed by atoms with E-state index >= 15 is 0 Å². The van der Waals surface area contributed by atoms with Gasteiger partial charge in [0.25, 0.3) is 0 Å². The van der Waals surface area contributed by atoms with Crippen molar-refractivity contribution in [1.82, 2.24) is 0 Å². The summed E-state index contributed by atoms with van der Waals surface area (Å²) in [6, 6.07) is 6.30. The number of nitrogens with zero attached hydrogens (tertiary/aromatic N) is 2. The van der Waals surface area contributed by atoms with Crippen molar-refractivity contribution in [3.8, 4) is 0 Å². The summed E-state index contributed by atoms with van der Waals surface area (Å²) in [5.74, 6) is 2.41. The number of oxime groups is 1. The van der Waals surface area contributed by atoms with Crippen LogP contribution in [0, 0.1) is 6.92 Å². The molecule has 2 rings (SSSR count). The van der Waals surface area contributed by atoms with Gasteiger partial charge in [0.15, 0.2) is 0 Å². The number of hydrogen-bond acceptors (Lipinski definition) is 4. The molecule has 17 heavy (non-hydrogen) atoms. The van der Waals surface area contributed by atoms with Gasteiger partial charge in [0.05, 0.1) is 0 Å². The zero-order valence-electron chi connectivity index (χ0n) is 9.89. The molecule has 5 heteroatoms. The quantitative estimate of drug-likeness (QED) is 0.375. The lowest BCUT2D eigenvalue weighted by Gasteiger charge is -2.29. The fourth-order valence-corrected chi connectivity index (χ4v) is 2.83. The second-order valence-corrected chi connectivity index (χ2v) is 5.21. The fourth-order valence-electron chi connectivity index (χ4n) is 1.93. The summed E-state index contributed by atoms with van der Waals surface area (Å²) in [5, 5.41) is 14.2. The van der Waals surface area contributed by atoms with Gasteiger partial charge in [-0.25, -0.2) is 0 Å². The van der Waals surface area contributed by atoms with Crippen LogP contribution in [0.1, 0.15) is 5.56 Å². The van der Waals surface area contributed by atoms with Crippen molar-refractivity contribution >= 4 is 29.5 Å². The van der Waals surface area contributed by atoms with Gasteiger partial charge in [0.2, 0.25) is 0 Å². The molecule has 0 aliphatic carbocycles. The molecular formula is C12H17N3OS. The normalized spacial score (nSPS) is 16.4. The summed E-state index contributed by atoms with van der Waals surface area (Å²) >= 11 is 2.01. The molecule has 1 aliphatic rings. The minimum Gasteiger partial charge on any atom is -0.410 e. The van der Waals surface area contributed by atoms with E-state index < -0.39 is 0 Å². The molecule has 0 atom stereocenters. The van der Waals surface area contributed by atoms with Crippen LogP contribution >= 0.6 is 11.8 Å². The predicted molar refractivity (Wildman–Crippen MR) is 74.6 cm³/mol. The van der Waals surface area contributed by atoms with Gasteiger partial charge < -0.3 is 15.4 Å². The molecular weight excluding hydrogens is 234 g/mol. The first-order chi connectivity index (χ1) is 8.31. The van der Waals surface area contributed by atoms with Gasteiger partial charge in [-0.05, 0) is 30.7 Å². The molecule has 1 heterocycles. The number of thioether (sulfide) groups is 1. The molecule has 1 fully saturated rings. The van der Waals surface area contributed by atoms with Crippen molar-refractivity contribution in [2.75, 3.05) is 34.8 Å². The van der Waals surface area contributed by atoms with Crippen LogP contribution in [0.3, 0.4) is 0 Å². The highest BCUT2D eigenvalue weighted by atomic mass is 32.2. The van der Waals surface area contributed by atoms with Gasteiger partial charge in [-0.1, -0.05) is 5.16 Å². The van der Waals surface area contributed by atoms with Crippen molar-refractivity contribution in [1.29, 1.82) is 0 Å². The topological polar surface area (TPSA) is 47.9 Å². The average Bonchev–Trinajstić information content (AvgIpc) is 2.38. The maximum absolute atomic E-state index is 8.37. The summed E-state index contributed by atoms with van der Waals surface area (Å²) in [6.07, 6.45) is 1.28. The second-order valence-electron chi connectivity index (χ2n) is 3.99. The van der Waals surface area contributed by atoms with E-state index in [2.05, 4.69) is 34.4 Å². The van der Waals surface area contributed by atoms with Crippen LogP contribution in [0.5, 0.6) is 0 Å². The molecule has 0 spiro atoms. The molecule has 4 nitrogen and oxygen atoms in total. The number of aryl methyl sites for hydroxylation is 1. The van der Waals surface area contributed by atoms with E-state index in [1.54, 1.807) is 0 Å². The van der Waals surface area contributed by atoms with E-state index in [4.69, 9.17) is 5.21 Å². The first kappa shape index (κ1) is 12.1. The van der Waals surface area contributed by atoms with Crippen LogP contribution in [-0.2, 0) is 0 Å². The highest BCUT2D eigenvalue weighted by molar-refractivity contribution is 7.99. The Labute approximate surface area is 106 Å². The van der Waals surface area contributed by atoms with E-state index in [1.165, 1.54) is 23.5 Å². The van der Waals surface area contributed by atoms with Crippen LogP contribution in [0.2, 0.25) is 0 Å². The zero-order chi connectivity index (χ0) is 12.1. The average molecular weight is 251 g/mol. The zero-order valence-corrected chi connectivity index (χ0v) is 10.7. The second kappa shape index (κ2) is 5.82. The lowest BCUT2D eigenvalue weighted by atomic mass is 10.1. The predicted octanol–water partition coefficient (Wildman–Crippen LogP) is 2.38. The highest BCUT2D eigenvalue weighted by Crippen LogP contribution is 2.24. The Morgan fingerprint density at radius 1 is 1.41 bits per heavy atom. The number of rotatable bonds is 3. The van der Waals surface area contributed by atoms with E-state index in [0.717, 1.165) is 24.3 Å². The molecule has 0 radical (unpaired) electrons. The Morgan fingerprint density at radius 3 is 2.82 bits per heavy atom. The Bertz CT molecular complexity index is 403. The van der Waals surface area contributed by atoms with Gasteiger partial charge in [0.1, 0.15) is 6.34 Å². The van der Waals surface area contributed by atoms with E-state index in [9.17, 15) is 0 Å². The van der Waals surface area contributed by atoms with Crippen molar-refractivity contribution in [2.45, 2.75) is 6.92 Å². The Morgan fingerprint density at radius 2 is 2.18 bits per heavy atom. The minimum atomic E-state index is 0.970. The standard InChI is InChI=1S/C12H17N3OS/c1-10-8-11(15-4-6-17-7-5-15)2-3-12(10)13-9-14-16/h2-3,8-9,16H,4-7H2,1H3,(H,13,14). The molecule has 92 valence electrons. The maximum Gasteiger partial charge on any atom is 0.132 e. The molecule has 0 aromatic heterocycles. The molecule has 0 bridgehead atoms. The summed E-state index contributed by atoms with van der Waals surface area (Å²) in [4.78, 5) is 2.41. The van der Waals surface area contributed by atoms with Gasteiger partial charge in [-0.15, -0.1) is 0 Å². The first-order valence-electron chi connectivity index (χ1n) is 5.67. The van der Waals surface area contributed by atoms with Crippen molar-refractivity contribution in [2.24, 2.45) is 5.16 Å². The van der Waals surface area contributed by atoms with Crippen molar-refractivity contribution < 1.29 is 5.21 Å². The van der Waals surface area contributed by atoms with Gasteiger partial charge in [-0.3, -0.25) is 0 Å². The van der Waals surface area contributed by atoms with Gasteiger partial charge >= 0.3 is 0 Å². The summed E-state index contributed by atoms with van der Waals surface area (Å²) < 4.78 is 0. The Kier molecular flexibility index (Phi) is 4.14. The summed E-state index contributed by atoms with van der Waals surface area (Å²) in [5.41, 5.74) is 3.40. The maximum atomic E-state index is 8.37. The van der Waals surface area contributed by atoms with E-state index in [-0.39, 0.29) is 0 Å². The van der Waals surface area contributed by atoms with Crippen molar-refractivity contribution in [3.63, 3.8) is 0 Å². The fraction of sp³-hybridized carbons (Fsp3) is 0.417. The third kappa shape index (κ3) is 3.06. The number of benzene rings is 1. The Balaban J connectivity index is 2.12. The monoisotopic (exact) mass is 251 g/mol. The molecule has 0 amide bonds. The molecule has 1 saturated heterocycles. The summed E-state index contributed by atoms with van der Waals surface area (Å²) in [6.45, 7) is 4.29.